The average molecular weight is 167 g/mol. The van der Waals surface area contributed by atoms with Crippen molar-refractivity contribution in [1.29, 1.82) is 0 Å². The largest absolute Gasteiger partial charge is 0.330 e. The van der Waals surface area contributed by atoms with Crippen molar-refractivity contribution >= 4 is 0 Å². The molecule has 70 valence electrons. The summed E-state index contributed by atoms with van der Waals surface area (Å²) in [6.45, 7) is 3.23. The van der Waals surface area contributed by atoms with Gasteiger partial charge in [0.1, 0.15) is 0 Å². The van der Waals surface area contributed by atoms with Crippen molar-refractivity contribution in [3.8, 4) is 0 Å². The monoisotopic (exact) mass is 167 g/mol. The summed E-state index contributed by atoms with van der Waals surface area (Å²) in [5.74, 6) is 3.95. The minimum Gasteiger partial charge on any atom is -0.330 e. The van der Waals surface area contributed by atoms with Gasteiger partial charge in [0.15, 0.2) is 0 Å². The van der Waals surface area contributed by atoms with E-state index in [1.165, 1.54) is 32.1 Å². The second kappa shape index (κ2) is 3.37. The van der Waals surface area contributed by atoms with Gasteiger partial charge in [-0.25, -0.2) is 0 Å². The van der Waals surface area contributed by atoms with Gasteiger partial charge in [0.2, 0.25) is 0 Å². The van der Waals surface area contributed by atoms with E-state index in [2.05, 4.69) is 6.92 Å². The van der Waals surface area contributed by atoms with Crippen molar-refractivity contribution in [3.63, 3.8) is 0 Å². The fourth-order valence-corrected chi connectivity index (χ4v) is 3.23. The second-order valence-corrected chi connectivity index (χ2v) is 4.76. The molecule has 0 aromatic rings. The smallest absolute Gasteiger partial charge is 0.00486 e. The predicted molar refractivity (Wildman–Crippen MR) is 51.8 cm³/mol. The van der Waals surface area contributed by atoms with Crippen LogP contribution in [-0.2, 0) is 0 Å². The molecule has 1 heteroatoms. The zero-order valence-corrected chi connectivity index (χ0v) is 8.13. The summed E-state index contributed by atoms with van der Waals surface area (Å²) >= 11 is 0. The van der Waals surface area contributed by atoms with Gasteiger partial charge in [0.25, 0.3) is 0 Å². The van der Waals surface area contributed by atoms with E-state index in [1.807, 2.05) is 0 Å². The Hall–Kier alpha value is -0.0400. The summed E-state index contributed by atoms with van der Waals surface area (Å²) in [6.07, 6.45) is 7.44. The van der Waals surface area contributed by atoms with Crippen molar-refractivity contribution in [2.24, 2.45) is 29.4 Å². The fourth-order valence-electron chi connectivity index (χ4n) is 3.23. The van der Waals surface area contributed by atoms with Crippen LogP contribution in [0.2, 0.25) is 0 Å². The van der Waals surface area contributed by atoms with Crippen LogP contribution in [0.25, 0.3) is 0 Å². The first-order chi connectivity index (χ1) is 5.84. The fraction of sp³-hybridized carbons (Fsp3) is 1.00. The molecule has 0 aliphatic heterocycles. The van der Waals surface area contributed by atoms with Gasteiger partial charge in [-0.2, -0.15) is 0 Å². The number of hydrogen-bond acceptors (Lipinski definition) is 1. The standard InChI is InChI=1S/C11H21N/c1-8(7-12)11-9-5-3-2-4-6-10(9)11/h8-11H,2-7,12H2,1H3. The lowest BCUT2D eigenvalue weighted by atomic mass is 9.99. The molecule has 0 heterocycles. The molecule has 0 amide bonds. The molecule has 2 saturated carbocycles. The molecule has 2 rings (SSSR count). The molecule has 0 aromatic carbocycles. The second-order valence-electron chi connectivity index (χ2n) is 4.76. The van der Waals surface area contributed by atoms with Crippen molar-refractivity contribution in [2.75, 3.05) is 6.54 Å². The third-order valence-corrected chi connectivity index (χ3v) is 4.00. The van der Waals surface area contributed by atoms with Crippen LogP contribution in [0.3, 0.4) is 0 Å². The molecule has 0 aromatic heterocycles. The van der Waals surface area contributed by atoms with E-state index in [-0.39, 0.29) is 0 Å². The average Bonchev–Trinajstić information content (AvgIpc) is 2.76. The van der Waals surface area contributed by atoms with Crippen molar-refractivity contribution < 1.29 is 0 Å². The van der Waals surface area contributed by atoms with Crippen LogP contribution < -0.4 is 5.73 Å². The zero-order chi connectivity index (χ0) is 8.55. The number of fused-ring (bicyclic) bond motifs is 1. The molecule has 3 atom stereocenters. The van der Waals surface area contributed by atoms with E-state index in [9.17, 15) is 0 Å². The molecule has 2 aliphatic carbocycles. The van der Waals surface area contributed by atoms with Gasteiger partial charge in [-0.15, -0.1) is 0 Å². The minimum atomic E-state index is 0.790. The highest BCUT2D eigenvalue weighted by molar-refractivity contribution is 5.00. The quantitative estimate of drug-likeness (QED) is 0.671. The SMILES string of the molecule is CC(CN)C1C2CCCCCC21. The summed E-state index contributed by atoms with van der Waals surface area (Å²) in [4.78, 5) is 0. The molecule has 0 radical (unpaired) electrons. The first-order valence-electron chi connectivity index (χ1n) is 5.54. The Labute approximate surface area is 75.7 Å². The summed E-state index contributed by atoms with van der Waals surface area (Å²) in [6, 6.07) is 0. The van der Waals surface area contributed by atoms with Gasteiger partial charge in [0, 0.05) is 0 Å². The van der Waals surface area contributed by atoms with Gasteiger partial charge < -0.3 is 5.73 Å². The Kier molecular flexibility index (Phi) is 2.40. The van der Waals surface area contributed by atoms with Crippen molar-refractivity contribution in [2.45, 2.75) is 39.0 Å². The Balaban J connectivity index is 1.89. The lowest BCUT2D eigenvalue weighted by Crippen LogP contribution is -2.14. The van der Waals surface area contributed by atoms with Crippen molar-refractivity contribution in [3.05, 3.63) is 0 Å². The third kappa shape index (κ3) is 1.39. The number of nitrogens with two attached hydrogens (primary N) is 1. The van der Waals surface area contributed by atoms with Crippen LogP contribution in [-0.4, -0.2) is 6.54 Å². The minimum absolute atomic E-state index is 0.790. The van der Waals surface area contributed by atoms with Crippen LogP contribution in [0.1, 0.15) is 39.0 Å². The first kappa shape index (κ1) is 8.55. The van der Waals surface area contributed by atoms with Crippen LogP contribution in [0, 0.1) is 23.7 Å². The normalized spacial score (nSPS) is 43.0. The van der Waals surface area contributed by atoms with Crippen LogP contribution in [0.5, 0.6) is 0 Å². The number of hydrogen-bond donors (Lipinski definition) is 1. The summed E-state index contributed by atoms with van der Waals surface area (Å²) < 4.78 is 0. The first-order valence-corrected chi connectivity index (χ1v) is 5.54. The molecule has 0 spiro atoms. The van der Waals surface area contributed by atoms with E-state index in [1.54, 1.807) is 0 Å². The van der Waals surface area contributed by atoms with E-state index < -0.39 is 0 Å². The Morgan fingerprint density at radius 3 is 2.25 bits per heavy atom. The molecule has 2 N–H and O–H groups in total. The Morgan fingerprint density at radius 2 is 1.75 bits per heavy atom. The van der Waals surface area contributed by atoms with Crippen LogP contribution in [0.4, 0.5) is 0 Å². The highest BCUT2D eigenvalue weighted by Crippen LogP contribution is 2.57. The molecule has 1 nitrogen and oxygen atoms in total. The van der Waals surface area contributed by atoms with E-state index in [4.69, 9.17) is 5.73 Å². The van der Waals surface area contributed by atoms with Crippen molar-refractivity contribution in [1.82, 2.24) is 0 Å². The molecule has 2 aliphatic rings. The molecule has 0 bridgehead atoms. The summed E-state index contributed by atoms with van der Waals surface area (Å²) in [7, 11) is 0. The summed E-state index contributed by atoms with van der Waals surface area (Å²) in [5.41, 5.74) is 5.71. The zero-order valence-electron chi connectivity index (χ0n) is 8.13. The molecule has 0 saturated heterocycles. The molecule has 12 heavy (non-hydrogen) atoms. The lowest BCUT2D eigenvalue weighted by Gasteiger charge is -2.08. The maximum atomic E-state index is 5.71. The topological polar surface area (TPSA) is 26.0 Å². The highest BCUT2D eigenvalue weighted by atomic mass is 14.6. The molecule has 3 unspecified atom stereocenters. The highest BCUT2D eigenvalue weighted by Gasteiger charge is 2.51. The van der Waals surface area contributed by atoms with Gasteiger partial charge >= 0.3 is 0 Å². The van der Waals surface area contributed by atoms with Crippen LogP contribution >= 0.6 is 0 Å². The van der Waals surface area contributed by atoms with E-state index in [0.29, 0.717) is 0 Å². The predicted octanol–water partition coefficient (Wildman–Crippen LogP) is 2.41. The Bertz CT molecular complexity index is 143. The molecular weight excluding hydrogens is 146 g/mol. The van der Waals surface area contributed by atoms with E-state index in [0.717, 1.165) is 30.2 Å². The van der Waals surface area contributed by atoms with Gasteiger partial charge in [-0.3, -0.25) is 0 Å². The maximum Gasteiger partial charge on any atom is -0.00486 e. The lowest BCUT2D eigenvalue weighted by molar-refractivity contribution is 0.438. The maximum absolute atomic E-state index is 5.71. The molecular formula is C11H21N. The summed E-state index contributed by atoms with van der Waals surface area (Å²) in [5, 5.41) is 0. The Morgan fingerprint density at radius 1 is 1.17 bits per heavy atom. The van der Waals surface area contributed by atoms with Gasteiger partial charge in [-0.1, -0.05) is 26.2 Å². The van der Waals surface area contributed by atoms with E-state index >= 15 is 0 Å². The third-order valence-electron chi connectivity index (χ3n) is 4.00. The number of rotatable bonds is 2. The molecule has 2 fully saturated rings. The van der Waals surface area contributed by atoms with Gasteiger partial charge in [-0.05, 0) is 43.1 Å². The van der Waals surface area contributed by atoms with Gasteiger partial charge in [0.05, 0.1) is 0 Å². The van der Waals surface area contributed by atoms with Crippen LogP contribution in [0.15, 0.2) is 0 Å².